The highest BCUT2D eigenvalue weighted by Crippen LogP contribution is 2.19. The molecule has 4 N–H and O–H groups in total. The molecule has 0 bridgehead atoms. The number of hydrazine groups is 1. The van der Waals surface area contributed by atoms with E-state index in [9.17, 15) is 5.11 Å². The summed E-state index contributed by atoms with van der Waals surface area (Å²) in [6.07, 6.45) is 1.84. The molecule has 0 aromatic carbocycles. The van der Waals surface area contributed by atoms with Crippen molar-refractivity contribution >= 4 is 17.8 Å². The topological polar surface area (TPSA) is 103 Å². The van der Waals surface area contributed by atoms with E-state index >= 15 is 0 Å². The van der Waals surface area contributed by atoms with E-state index in [1.807, 2.05) is 7.05 Å². The van der Waals surface area contributed by atoms with E-state index in [2.05, 4.69) is 25.3 Å². The van der Waals surface area contributed by atoms with Gasteiger partial charge in [-0.15, -0.1) is 0 Å². The Morgan fingerprint density at radius 1 is 1.37 bits per heavy atom. The van der Waals surface area contributed by atoms with Crippen molar-refractivity contribution in [3.8, 4) is 0 Å². The van der Waals surface area contributed by atoms with Crippen molar-refractivity contribution < 1.29 is 5.11 Å². The van der Waals surface area contributed by atoms with Crippen molar-refractivity contribution in [2.24, 2.45) is 5.84 Å². The van der Waals surface area contributed by atoms with Gasteiger partial charge in [0.15, 0.2) is 0 Å². The van der Waals surface area contributed by atoms with Crippen molar-refractivity contribution in [2.75, 3.05) is 41.9 Å². The second kappa shape index (κ2) is 5.98. The van der Waals surface area contributed by atoms with Gasteiger partial charge < -0.3 is 14.9 Å². The molecule has 0 radical (unpaired) electrons. The third kappa shape index (κ3) is 3.42. The number of aliphatic hydroxyl groups is 1. The zero-order chi connectivity index (χ0) is 13.8. The van der Waals surface area contributed by atoms with E-state index in [1.165, 1.54) is 0 Å². The van der Waals surface area contributed by atoms with E-state index in [-0.39, 0.29) is 0 Å². The Morgan fingerprint density at radius 2 is 2.05 bits per heavy atom. The lowest BCUT2D eigenvalue weighted by atomic mass is 10.4. The van der Waals surface area contributed by atoms with E-state index < -0.39 is 6.10 Å². The summed E-state index contributed by atoms with van der Waals surface area (Å²) in [7, 11) is 1.83. The molecule has 8 nitrogen and oxygen atoms in total. The van der Waals surface area contributed by atoms with Gasteiger partial charge in [0, 0.05) is 26.7 Å². The highest BCUT2D eigenvalue weighted by atomic mass is 16.3. The van der Waals surface area contributed by atoms with Crippen LogP contribution in [0.2, 0.25) is 0 Å². The van der Waals surface area contributed by atoms with Crippen LogP contribution >= 0.6 is 0 Å². The quantitative estimate of drug-likeness (QED) is 0.488. The average Bonchev–Trinajstić information content (AvgIpc) is 2.91. The molecule has 1 saturated heterocycles. The average molecular weight is 267 g/mol. The van der Waals surface area contributed by atoms with Crippen molar-refractivity contribution in [1.29, 1.82) is 0 Å². The zero-order valence-corrected chi connectivity index (χ0v) is 11.4. The minimum Gasteiger partial charge on any atom is -0.392 e. The van der Waals surface area contributed by atoms with Crippen LogP contribution in [0.1, 0.15) is 19.8 Å². The smallest absolute Gasteiger partial charge is 0.243 e. The molecule has 0 spiro atoms. The normalized spacial score (nSPS) is 16.5. The minimum absolute atomic E-state index is 0.337. The Morgan fingerprint density at radius 3 is 2.63 bits per heavy atom. The number of rotatable bonds is 5. The molecule has 1 aliphatic heterocycles. The van der Waals surface area contributed by atoms with Gasteiger partial charge in [0.25, 0.3) is 0 Å². The molecule has 0 aliphatic carbocycles. The first-order valence-corrected chi connectivity index (χ1v) is 6.47. The Bertz CT molecular complexity index is 420. The number of likely N-dealkylation sites (N-methyl/N-ethyl adjacent to an activating group) is 1. The standard InChI is InChI=1S/C11H21N7O/c1-8(19)7-17(2)10-13-9(16-12)14-11(15-10)18-5-3-4-6-18/h8,19H,3-7,12H2,1-2H3,(H,13,14,15,16). The number of aliphatic hydroxyl groups excluding tert-OH is 1. The maximum absolute atomic E-state index is 9.43. The van der Waals surface area contributed by atoms with Crippen LogP contribution < -0.4 is 21.1 Å². The van der Waals surface area contributed by atoms with Gasteiger partial charge in [-0.2, -0.15) is 15.0 Å². The molecule has 0 saturated carbocycles. The Balaban J connectivity index is 2.24. The molecule has 2 heterocycles. The summed E-state index contributed by atoms with van der Waals surface area (Å²) in [4.78, 5) is 16.8. The van der Waals surface area contributed by atoms with Crippen molar-refractivity contribution in [2.45, 2.75) is 25.9 Å². The molecular weight excluding hydrogens is 246 g/mol. The molecule has 1 aliphatic rings. The van der Waals surface area contributed by atoms with Gasteiger partial charge in [-0.25, -0.2) is 5.84 Å². The van der Waals surface area contributed by atoms with E-state index in [0.29, 0.717) is 24.4 Å². The van der Waals surface area contributed by atoms with Crippen molar-refractivity contribution in [1.82, 2.24) is 15.0 Å². The molecule has 8 heteroatoms. The largest absolute Gasteiger partial charge is 0.392 e. The number of aromatic nitrogens is 3. The molecule has 19 heavy (non-hydrogen) atoms. The number of nitrogens with one attached hydrogen (secondary N) is 1. The summed E-state index contributed by atoms with van der Waals surface area (Å²) in [6, 6.07) is 0. The highest BCUT2D eigenvalue weighted by Gasteiger charge is 2.18. The molecule has 1 atom stereocenters. The minimum atomic E-state index is -0.453. The molecule has 2 rings (SSSR count). The van der Waals surface area contributed by atoms with Crippen LogP contribution in [-0.2, 0) is 0 Å². The van der Waals surface area contributed by atoms with E-state index in [0.717, 1.165) is 25.9 Å². The van der Waals surface area contributed by atoms with Gasteiger partial charge in [-0.1, -0.05) is 0 Å². The van der Waals surface area contributed by atoms with Crippen LogP contribution in [0.5, 0.6) is 0 Å². The lowest BCUT2D eigenvalue weighted by Crippen LogP contribution is -2.30. The number of hydrogen-bond acceptors (Lipinski definition) is 8. The first-order chi connectivity index (χ1) is 9.10. The fourth-order valence-electron chi connectivity index (χ4n) is 2.13. The summed E-state index contributed by atoms with van der Waals surface area (Å²) in [5.41, 5.74) is 2.46. The molecule has 1 fully saturated rings. The van der Waals surface area contributed by atoms with Gasteiger partial charge in [0.05, 0.1) is 6.10 Å². The fraction of sp³-hybridized carbons (Fsp3) is 0.727. The number of anilines is 3. The first-order valence-electron chi connectivity index (χ1n) is 6.47. The Hall–Kier alpha value is -1.67. The second-order valence-corrected chi connectivity index (χ2v) is 4.83. The highest BCUT2D eigenvalue weighted by molar-refractivity contribution is 5.44. The van der Waals surface area contributed by atoms with Gasteiger partial charge in [0.2, 0.25) is 17.8 Å². The van der Waals surface area contributed by atoms with Crippen molar-refractivity contribution in [3.05, 3.63) is 0 Å². The Labute approximate surface area is 112 Å². The summed E-state index contributed by atoms with van der Waals surface area (Å²) >= 11 is 0. The first kappa shape index (κ1) is 13.8. The van der Waals surface area contributed by atoms with E-state index in [1.54, 1.807) is 11.8 Å². The number of nitrogen functional groups attached to an aromatic ring is 1. The van der Waals surface area contributed by atoms with Crippen LogP contribution in [0.3, 0.4) is 0 Å². The molecular formula is C11H21N7O. The van der Waals surface area contributed by atoms with E-state index in [4.69, 9.17) is 5.84 Å². The number of nitrogens with zero attached hydrogens (tertiary/aromatic N) is 5. The van der Waals surface area contributed by atoms with Crippen LogP contribution in [-0.4, -0.2) is 52.8 Å². The SMILES string of the molecule is CC(O)CN(C)c1nc(NN)nc(N2CCCC2)n1. The van der Waals surface area contributed by atoms with Gasteiger partial charge >= 0.3 is 0 Å². The summed E-state index contributed by atoms with van der Waals surface area (Å²) in [5.74, 6) is 6.87. The van der Waals surface area contributed by atoms with Crippen LogP contribution in [0.4, 0.5) is 17.8 Å². The predicted molar refractivity (Wildman–Crippen MR) is 74.0 cm³/mol. The molecule has 1 aromatic heterocycles. The van der Waals surface area contributed by atoms with Gasteiger partial charge in [-0.05, 0) is 19.8 Å². The van der Waals surface area contributed by atoms with Crippen molar-refractivity contribution in [3.63, 3.8) is 0 Å². The number of hydrogen-bond donors (Lipinski definition) is 3. The summed E-state index contributed by atoms with van der Waals surface area (Å²) < 4.78 is 0. The zero-order valence-electron chi connectivity index (χ0n) is 11.4. The van der Waals surface area contributed by atoms with Crippen LogP contribution in [0, 0.1) is 0 Å². The summed E-state index contributed by atoms with van der Waals surface area (Å²) in [5, 5.41) is 9.43. The second-order valence-electron chi connectivity index (χ2n) is 4.83. The van der Waals surface area contributed by atoms with Gasteiger partial charge in [-0.3, -0.25) is 5.43 Å². The lowest BCUT2D eigenvalue weighted by molar-refractivity contribution is 0.201. The maximum atomic E-state index is 9.43. The fourth-order valence-corrected chi connectivity index (χ4v) is 2.13. The lowest BCUT2D eigenvalue weighted by Gasteiger charge is -2.21. The van der Waals surface area contributed by atoms with Crippen LogP contribution in [0.25, 0.3) is 0 Å². The third-order valence-electron chi connectivity index (χ3n) is 3.01. The predicted octanol–water partition coefficient (Wildman–Crippen LogP) is -0.426. The third-order valence-corrected chi connectivity index (χ3v) is 3.01. The van der Waals surface area contributed by atoms with Gasteiger partial charge in [0.1, 0.15) is 0 Å². The summed E-state index contributed by atoms with van der Waals surface area (Å²) in [6.45, 7) is 4.08. The monoisotopic (exact) mass is 267 g/mol. The Kier molecular flexibility index (Phi) is 4.33. The molecule has 106 valence electrons. The van der Waals surface area contributed by atoms with Crippen LogP contribution in [0.15, 0.2) is 0 Å². The molecule has 0 amide bonds. The number of nitrogens with two attached hydrogens (primary N) is 1. The molecule has 1 unspecified atom stereocenters. The molecule has 1 aromatic rings. The maximum Gasteiger partial charge on any atom is 0.243 e.